The molecule has 0 spiro atoms. The minimum Gasteiger partial charge on any atom is -0.381 e. The molecule has 16 heavy (non-hydrogen) atoms. The fraction of sp³-hybridized carbons (Fsp3) is 1.00. The van der Waals surface area contributed by atoms with Crippen molar-refractivity contribution in [1.82, 2.24) is 5.32 Å². The van der Waals surface area contributed by atoms with Crippen molar-refractivity contribution in [3.63, 3.8) is 0 Å². The highest BCUT2D eigenvalue weighted by atomic mass is 16.5. The number of hydrogen-bond acceptors (Lipinski definition) is 2. The summed E-state index contributed by atoms with van der Waals surface area (Å²) >= 11 is 0. The molecule has 2 heteroatoms. The van der Waals surface area contributed by atoms with Crippen LogP contribution in [0.1, 0.15) is 64.7 Å². The molecule has 0 aromatic carbocycles. The lowest BCUT2D eigenvalue weighted by Gasteiger charge is -2.15. The van der Waals surface area contributed by atoms with E-state index in [4.69, 9.17) is 4.74 Å². The maximum atomic E-state index is 5.55. The van der Waals surface area contributed by atoms with E-state index < -0.39 is 0 Å². The maximum absolute atomic E-state index is 5.55. The van der Waals surface area contributed by atoms with E-state index in [9.17, 15) is 0 Å². The Hall–Kier alpha value is -0.0800. The quantitative estimate of drug-likeness (QED) is 0.506. The molecule has 96 valence electrons. The molecule has 0 saturated heterocycles. The second-order valence-corrected chi connectivity index (χ2v) is 4.96. The summed E-state index contributed by atoms with van der Waals surface area (Å²) in [6.07, 6.45) is 12.1. The number of nitrogens with one attached hydrogen (secondary N) is 1. The van der Waals surface area contributed by atoms with Crippen LogP contribution in [0, 0.1) is 0 Å². The van der Waals surface area contributed by atoms with Crippen molar-refractivity contribution < 1.29 is 4.74 Å². The molecule has 1 rings (SSSR count). The molecule has 1 aliphatic rings. The summed E-state index contributed by atoms with van der Waals surface area (Å²) in [5, 5.41) is 3.67. The third kappa shape index (κ3) is 7.24. The summed E-state index contributed by atoms with van der Waals surface area (Å²) in [4.78, 5) is 0. The average molecular weight is 227 g/mol. The van der Waals surface area contributed by atoms with Crippen molar-refractivity contribution in [2.45, 2.75) is 70.8 Å². The number of rotatable bonds is 8. The van der Waals surface area contributed by atoms with E-state index in [0.29, 0.717) is 0 Å². The molecule has 0 amide bonds. The first-order chi connectivity index (χ1) is 7.93. The van der Waals surface area contributed by atoms with Gasteiger partial charge < -0.3 is 10.1 Å². The Morgan fingerprint density at radius 3 is 2.38 bits per heavy atom. The zero-order chi connectivity index (χ0) is 11.5. The molecule has 0 heterocycles. The van der Waals surface area contributed by atoms with Crippen LogP contribution in [0.25, 0.3) is 0 Å². The van der Waals surface area contributed by atoms with Crippen LogP contribution in [-0.4, -0.2) is 25.8 Å². The van der Waals surface area contributed by atoms with Gasteiger partial charge in [-0.05, 0) is 32.2 Å². The summed E-state index contributed by atoms with van der Waals surface area (Å²) in [5.74, 6) is 0. The molecular weight excluding hydrogens is 198 g/mol. The van der Waals surface area contributed by atoms with Crippen molar-refractivity contribution in [2.24, 2.45) is 0 Å². The summed E-state index contributed by atoms with van der Waals surface area (Å²) in [6.45, 7) is 5.22. The maximum Gasteiger partial charge on any atom is 0.0478 e. The Morgan fingerprint density at radius 2 is 1.69 bits per heavy atom. The summed E-state index contributed by atoms with van der Waals surface area (Å²) < 4.78 is 5.55. The van der Waals surface area contributed by atoms with Crippen LogP contribution in [-0.2, 0) is 4.74 Å². The molecule has 0 aromatic heterocycles. The van der Waals surface area contributed by atoms with E-state index in [0.717, 1.165) is 25.8 Å². The van der Waals surface area contributed by atoms with Gasteiger partial charge in [-0.1, -0.05) is 39.0 Å². The SMILES string of the molecule is CCCCOCCCNC1CCCCCC1. The Morgan fingerprint density at radius 1 is 1.00 bits per heavy atom. The predicted octanol–water partition coefficient (Wildman–Crippen LogP) is 3.51. The van der Waals surface area contributed by atoms with Crippen LogP contribution in [0.4, 0.5) is 0 Å². The van der Waals surface area contributed by atoms with Gasteiger partial charge in [-0.3, -0.25) is 0 Å². The predicted molar refractivity (Wildman–Crippen MR) is 69.8 cm³/mol. The molecule has 1 aliphatic carbocycles. The molecule has 2 nitrogen and oxygen atoms in total. The second kappa shape index (κ2) is 10.1. The van der Waals surface area contributed by atoms with E-state index in [-0.39, 0.29) is 0 Å². The molecule has 0 radical (unpaired) electrons. The van der Waals surface area contributed by atoms with Crippen LogP contribution in [0.5, 0.6) is 0 Å². The Kier molecular flexibility index (Phi) is 8.83. The molecule has 1 fully saturated rings. The van der Waals surface area contributed by atoms with E-state index in [1.807, 2.05) is 0 Å². The van der Waals surface area contributed by atoms with Crippen LogP contribution >= 0.6 is 0 Å². The average Bonchev–Trinajstić information content (AvgIpc) is 2.56. The van der Waals surface area contributed by atoms with Gasteiger partial charge in [0.05, 0.1) is 0 Å². The zero-order valence-corrected chi connectivity index (χ0v) is 11.0. The Bertz CT molecular complexity index is 142. The largest absolute Gasteiger partial charge is 0.381 e. The smallest absolute Gasteiger partial charge is 0.0478 e. The second-order valence-electron chi connectivity index (χ2n) is 4.96. The first-order valence-electron chi connectivity index (χ1n) is 7.24. The minimum atomic E-state index is 0.790. The molecule has 0 unspecified atom stereocenters. The topological polar surface area (TPSA) is 21.3 Å². The lowest BCUT2D eigenvalue weighted by Crippen LogP contribution is -2.29. The van der Waals surface area contributed by atoms with Gasteiger partial charge in [0.1, 0.15) is 0 Å². The van der Waals surface area contributed by atoms with Crippen LogP contribution in [0.2, 0.25) is 0 Å². The third-order valence-electron chi connectivity index (χ3n) is 3.40. The van der Waals surface area contributed by atoms with Crippen molar-refractivity contribution in [1.29, 1.82) is 0 Å². The molecular formula is C14H29NO. The normalized spacial score (nSPS) is 18.6. The highest BCUT2D eigenvalue weighted by Crippen LogP contribution is 2.16. The molecule has 0 aliphatic heterocycles. The van der Waals surface area contributed by atoms with E-state index in [1.165, 1.54) is 57.8 Å². The Labute approximate surface area is 101 Å². The van der Waals surface area contributed by atoms with E-state index in [1.54, 1.807) is 0 Å². The molecule has 0 bridgehead atoms. The van der Waals surface area contributed by atoms with Gasteiger partial charge in [-0.15, -0.1) is 0 Å². The summed E-state index contributed by atoms with van der Waals surface area (Å²) in [6, 6.07) is 0.790. The van der Waals surface area contributed by atoms with Crippen molar-refractivity contribution in [3.05, 3.63) is 0 Å². The lowest BCUT2D eigenvalue weighted by molar-refractivity contribution is 0.128. The summed E-state index contributed by atoms with van der Waals surface area (Å²) in [7, 11) is 0. The highest BCUT2D eigenvalue weighted by Gasteiger charge is 2.10. The van der Waals surface area contributed by atoms with Gasteiger partial charge >= 0.3 is 0 Å². The van der Waals surface area contributed by atoms with Crippen molar-refractivity contribution in [3.8, 4) is 0 Å². The first-order valence-corrected chi connectivity index (χ1v) is 7.24. The van der Waals surface area contributed by atoms with E-state index in [2.05, 4.69) is 12.2 Å². The Balaban J connectivity index is 1.86. The molecule has 0 atom stereocenters. The summed E-state index contributed by atoms with van der Waals surface area (Å²) in [5.41, 5.74) is 0. The van der Waals surface area contributed by atoms with Gasteiger partial charge in [0, 0.05) is 19.3 Å². The fourth-order valence-corrected chi connectivity index (χ4v) is 2.31. The van der Waals surface area contributed by atoms with E-state index >= 15 is 0 Å². The van der Waals surface area contributed by atoms with Crippen LogP contribution in [0.3, 0.4) is 0 Å². The minimum absolute atomic E-state index is 0.790. The number of hydrogen-bond donors (Lipinski definition) is 1. The monoisotopic (exact) mass is 227 g/mol. The van der Waals surface area contributed by atoms with Crippen LogP contribution < -0.4 is 5.32 Å². The highest BCUT2D eigenvalue weighted by molar-refractivity contribution is 4.70. The molecule has 0 aromatic rings. The lowest BCUT2D eigenvalue weighted by atomic mass is 10.1. The fourth-order valence-electron chi connectivity index (χ4n) is 2.31. The van der Waals surface area contributed by atoms with Crippen molar-refractivity contribution >= 4 is 0 Å². The standard InChI is InChI=1S/C14H29NO/c1-2-3-12-16-13-8-11-15-14-9-6-4-5-7-10-14/h14-15H,2-13H2,1H3. The molecule has 1 N–H and O–H groups in total. The van der Waals surface area contributed by atoms with Crippen LogP contribution in [0.15, 0.2) is 0 Å². The molecule has 1 saturated carbocycles. The van der Waals surface area contributed by atoms with Gasteiger partial charge in [0.2, 0.25) is 0 Å². The van der Waals surface area contributed by atoms with Gasteiger partial charge in [0.15, 0.2) is 0 Å². The van der Waals surface area contributed by atoms with Gasteiger partial charge in [-0.2, -0.15) is 0 Å². The number of ether oxygens (including phenoxy) is 1. The number of unbranched alkanes of at least 4 members (excludes halogenated alkanes) is 1. The van der Waals surface area contributed by atoms with Gasteiger partial charge in [-0.25, -0.2) is 0 Å². The zero-order valence-electron chi connectivity index (χ0n) is 11.0. The van der Waals surface area contributed by atoms with Crippen molar-refractivity contribution in [2.75, 3.05) is 19.8 Å². The first kappa shape index (κ1) is 14.0. The van der Waals surface area contributed by atoms with Gasteiger partial charge in [0.25, 0.3) is 0 Å². The third-order valence-corrected chi connectivity index (χ3v) is 3.40.